The van der Waals surface area contributed by atoms with Gasteiger partial charge in [-0.25, -0.2) is 0 Å². The molecule has 1 amide bonds. The monoisotopic (exact) mass is 344 g/mol. The highest BCUT2D eigenvalue weighted by Crippen LogP contribution is 2.18. The van der Waals surface area contributed by atoms with Gasteiger partial charge in [-0.1, -0.05) is 38.1 Å². The molecule has 1 atom stereocenters. The Balaban J connectivity index is 1.81. The molecule has 0 spiro atoms. The summed E-state index contributed by atoms with van der Waals surface area (Å²) in [5.74, 6) is 1.32. The average Bonchev–Trinajstić information content (AvgIpc) is 2.60. The maximum absolute atomic E-state index is 12.4. The van der Waals surface area contributed by atoms with E-state index in [2.05, 4.69) is 19.2 Å². The van der Waals surface area contributed by atoms with Crippen molar-refractivity contribution in [1.29, 1.82) is 0 Å². The molecule has 4 heteroatoms. The first-order chi connectivity index (χ1) is 12.0. The zero-order chi connectivity index (χ0) is 18.2. The number of ketones is 1. The SMILES string of the molecule is CNCC1CCCN(C(=O)CCC(=O)c2ccc(CC(C)C)cc2)C1. The number of benzene rings is 1. The number of carbonyl (C=O) groups excluding carboxylic acids is 2. The molecule has 1 N–H and O–H groups in total. The molecule has 1 heterocycles. The fourth-order valence-electron chi connectivity index (χ4n) is 3.57. The minimum atomic E-state index is 0.0632. The normalized spacial score (nSPS) is 17.8. The molecule has 25 heavy (non-hydrogen) atoms. The highest BCUT2D eigenvalue weighted by Gasteiger charge is 2.23. The minimum Gasteiger partial charge on any atom is -0.342 e. The zero-order valence-corrected chi connectivity index (χ0v) is 15.9. The van der Waals surface area contributed by atoms with E-state index in [9.17, 15) is 9.59 Å². The number of likely N-dealkylation sites (tertiary alicyclic amines) is 1. The van der Waals surface area contributed by atoms with Crippen LogP contribution in [-0.2, 0) is 11.2 Å². The predicted molar refractivity (Wildman–Crippen MR) is 102 cm³/mol. The summed E-state index contributed by atoms with van der Waals surface area (Å²) < 4.78 is 0. The van der Waals surface area contributed by atoms with Crippen LogP contribution in [-0.4, -0.2) is 43.3 Å². The number of nitrogens with one attached hydrogen (secondary N) is 1. The lowest BCUT2D eigenvalue weighted by molar-refractivity contribution is -0.132. The standard InChI is InChI=1S/C21H32N2O2/c1-16(2)13-17-6-8-19(9-7-17)20(24)10-11-21(25)23-12-4-5-18(15-23)14-22-3/h6-9,16,18,22H,4-5,10-15H2,1-3H3. The molecule has 1 aromatic carbocycles. The second-order valence-corrected chi connectivity index (χ2v) is 7.62. The molecule has 138 valence electrons. The van der Waals surface area contributed by atoms with E-state index in [0.717, 1.165) is 32.5 Å². The lowest BCUT2D eigenvalue weighted by Crippen LogP contribution is -2.42. The summed E-state index contributed by atoms with van der Waals surface area (Å²) in [4.78, 5) is 26.7. The summed E-state index contributed by atoms with van der Waals surface area (Å²) >= 11 is 0. The fraction of sp³-hybridized carbons (Fsp3) is 0.619. The van der Waals surface area contributed by atoms with Crippen LogP contribution < -0.4 is 5.32 Å². The minimum absolute atomic E-state index is 0.0632. The molecule has 1 saturated heterocycles. The Labute approximate surface area is 152 Å². The van der Waals surface area contributed by atoms with Crippen molar-refractivity contribution in [1.82, 2.24) is 10.2 Å². The predicted octanol–water partition coefficient (Wildman–Crippen LogP) is 3.31. The number of Topliss-reactive ketones (excluding diaryl/α,β-unsaturated/α-hetero) is 1. The number of carbonyl (C=O) groups is 2. The van der Waals surface area contributed by atoms with Crippen molar-refractivity contribution < 1.29 is 9.59 Å². The van der Waals surface area contributed by atoms with Crippen LogP contribution in [0.4, 0.5) is 0 Å². The van der Waals surface area contributed by atoms with E-state index in [4.69, 9.17) is 0 Å². The molecule has 1 unspecified atom stereocenters. The third kappa shape index (κ3) is 6.28. The largest absolute Gasteiger partial charge is 0.342 e. The van der Waals surface area contributed by atoms with E-state index in [0.29, 0.717) is 30.2 Å². The first kappa shape index (κ1) is 19.6. The summed E-state index contributed by atoms with van der Waals surface area (Å²) in [6.45, 7) is 6.97. The first-order valence-electron chi connectivity index (χ1n) is 9.54. The molecule has 0 aliphatic carbocycles. The number of piperidine rings is 1. The molecule has 1 aliphatic heterocycles. The highest BCUT2D eigenvalue weighted by molar-refractivity contribution is 5.98. The van der Waals surface area contributed by atoms with E-state index in [1.165, 1.54) is 12.0 Å². The van der Waals surface area contributed by atoms with Gasteiger partial charge in [0.1, 0.15) is 0 Å². The Morgan fingerprint density at radius 2 is 1.92 bits per heavy atom. The number of hydrogen-bond acceptors (Lipinski definition) is 3. The first-order valence-corrected chi connectivity index (χ1v) is 9.54. The number of hydrogen-bond donors (Lipinski definition) is 1. The van der Waals surface area contributed by atoms with Crippen LogP contribution in [0, 0.1) is 11.8 Å². The molecule has 0 radical (unpaired) electrons. The quantitative estimate of drug-likeness (QED) is 0.736. The summed E-state index contributed by atoms with van der Waals surface area (Å²) in [7, 11) is 1.95. The van der Waals surface area contributed by atoms with Crippen molar-refractivity contribution in [2.45, 2.75) is 46.0 Å². The van der Waals surface area contributed by atoms with Crippen molar-refractivity contribution >= 4 is 11.7 Å². The molecule has 1 aliphatic rings. The molecular weight excluding hydrogens is 312 g/mol. The van der Waals surface area contributed by atoms with Gasteiger partial charge in [0.2, 0.25) is 5.91 Å². The Bertz CT molecular complexity index is 564. The maximum Gasteiger partial charge on any atom is 0.223 e. The van der Waals surface area contributed by atoms with E-state index in [1.54, 1.807) is 0 Å². The fourth-order valence-corrected chi connectivity index (χ4v) is 3.57. The molecule has 4 nitrogen and oxygen atoms in total. The molecule has 1 aromatic rings. The van der Waals surface area contributed by atoms with Crippen LogP contribution in [0.3, 0.4) is 0 Å². The van der Waals surface area contributed by atoms with Crippen LogP contribution in [0.5, 0.6) is 0 Å². The van der Waals surface area contributed by atoms with Gasteiger partial charge in [-0.15, -0.1) is 0 Å². The van der Waals surface area contributed by atoms with Crippen molar-refractivity contribution in [2.75, 3.05) is 26.7 Å². The number of amides is 1. The van der Waals surface area contributed by atoms with Gasteiger partial charge in [0, 0.05) is 31.5 Å². The van der Waals surface area contributed by atoms with Crippen molar-refractivity contribution in [2.24, 2.45) is 11.8 Å². The van der Waals surface area contributed by atoms with Crippen molar-refractivity contribution in [3.8, 4) is 0 Å². The third-order valence-corrected chi connectivity index (χ3v) is 4.85. The van der Waals surface area contributed by atoms with Crippen molar-refractivity contribution in [3.05, 3.63) is 35.4 Å². The molecule has 1 fully saturated rings. The Hall–Kier alpha value is -1.68. The summed E-state index contributed by atoms with van der Waals surface area (Å²) in [6, 6.07) is 7.85. The topological polar surface area (TPSA) is 49.4 Å². The van der Waals surface area contributed by atoms with Gasteiger partial charge in [0.25, 0.3) is 0 Å². The average molecular weight is 344 g/mol. The van der Waals surface area contributed by atoms with Gasteiger partial charge in [-0.05, 0) is 50.3 Å². The molecule has 0 aromatic heterocycles. The Kier molecular flexibility index (Phi) is 7.63. The van der Waals surface area contributed by atoms with E-state index < -0.39 is 0 Å². The Morgan fingerprint density at radius 3 is 2.56 bits per heavy atom. The van der Waals surface area contributed by atoms with Gasteiger partial charge < -0.3 is 10.2 Å². The number of rotatable bonds is 8. The summed E-state index contributed by atoms with van der Waals surface area (Å²) in [5, 5.41) is 3.19. The lowest BCUT2D eigenvalue weighted by Gasteiger charge is -2.32. The molecule has 0 bridgehead atoms. The van der Waals surface area contributed by atoms with Gasteiger partial charge in [-0.3, -0.25) is 9.59 Å². The summed E-state index contributed by atoms with van der Waals surface area (Å²) in [6.07, 6.45) is 3.87. The zero-order valence-electron chi connectivity index (χ0n) is 15.9. The van der Waals surface area contributed by atoms with Gasteiger partial charge >= 0.3 is 0 Å². The summed E-state index contributed by atoms with van der Waals surface area (Å²) in [5.41, 5.74) is 1.97. The Morgan fingerprint density at radius 1 is 1.20 bits per heavy atom. The van der Waals surface area contributed by atoms with Gasteiger partial charge in [0.15, 0.2) is 5.78 Å². The maximum atomic E-state index is 12.4. The van der Waals surface area contributed by atoms with E-state index in [-0.39, 0.29) is 11.7 Å². The number of nitrogens with zero attached hydrogens (tertiary/aromatic N) is 1. The van der Waals surface area contributed by atoms with E-state index >= 15 is 0 Å². The second-order valence-electron chi connectivity index (χ2n) is 7.62. The van der Waals surface area contributed by atoms with Crippen LogP contribution in [0.15, 0.2) is 24.3 Å². The molecule has 2 rings (SSSR count). The van der Waals surface area contributed by atoms with E-state index in [1.807, 2.05) is 36.2 Å². The second kappa shape index (κ2) is 9.71. The van der Waals surface area contributed by atoms with Crippen LogP contribution >= 0.6 is 0 Å². The van der Waals surface area contributed by atoms with Gasteiger partial charge in [-0.2, -0.15) is 0 Å². The van der Waals surface area contributed by atoms with Crippen molar-refractivity contribution in [3.63, 3.8) is 0 Å². The van der Waals surface area contributed by atoms with Crippen LogP contribution in [0.1, 0.15) is 55.5 Å². The van der Waals surface area contributed by atoms with Crippen LogP contribution in [0.25, 0.3) is 0 Å². The smallest absolute Gasteiger partial charge is 0.223 e. The van der Waals surface area contributed by atoms with Crippen LogP contribution in [0.2, 0.25) is 0 Å². The lowest BCUT2D eigenvalue weighted by atomic mass is 9.97. The molecule has 0 saturated carbocycles. The van der Waals surface area contributed by atoms with Gasteiger partial charge in [0.05, 0.1) is 0 Å². The highest BCUT2D eigenvalue weighted by atomic mass is 16.2. The third-order valence-electron chi connectivity index (χ3n) is 4.85. The molecular formula is C21H32N2O2.